The molecule has 100 valence electrons. The Morgan fingerprint density at radius 1 is 1.33 bits per heavy atom. The molecule has 0 aromatic rings. The fraction of sp³-hybridized carbons (Fsp3) is 0.750. The zero-order chi connectivity index (χ0) is 13.6. The molecule has 18 heavy (non-hydrogen) atoms. The molecule has 2 saturated heterocycles. The molecule has 0 aliphatic carbocycles. The highest BCUT2D eigenvalue weighted by Gasteiger charge is 2.53. The van der Waals surface area contributed by atoms with E-state index in [9.17, 15) is 14.4 Å². The third-order valence-electron chi connectivity index (χ3n) is 3.20. The molecule has 2 rings (SSSR count). The number of likely N-dealkylation sites (tertiary alicyclic amines) is 1. The van der Waals surface area contributed by atoms with Crippen molar-refractivity contribution >= 4 is 17.9 Å². The Bertz CT molecular complexity index is 405. The molecule has 2 fully saturated rings. The van der Waals surface area contributed by atoms with E-state index < -0.39 is 17.1 Å². The number of carbonyl (C=O) groups excluding carboxylic acids is 3. The van der Waals surface area contributed by atoms with Crippen LogP contribution in [0.1, 0.15) is 33.6 Å². The van der Waals surface area contributed by atoms with Gasteiger partial charge in [0.15, 0.2) is 0 Å². The summed E-state index contributed by atoms with van der Waals surface area (Å²) in [5, 5.41) is 2.32. The summed E-state index contributed by atoms with van der Waals surface area (Å²) < 4.78 is 5.22. The zero-order valence-electron chi connectivity index (χ0n) is 10.9. The molecule has 3 amide bonds. The number of carbonyl (C=O) groups is 3. The molecule has 0 atom stereocenters. The van der Waals surface area contributed by atoms with Crippen molar-refractivity contribution in [2.45, 2.75) is 39.2 Å². The van der Waals surface area contributed by atoms with E-state index in [0.717, 1.165) is 0 Å². The minimum atomic E-state index is -0.579. The highest BCUT2D eigenvalue weighted by molar-refractivity contribution is 6.01. The molecule has 1 spiro atoms. The summed E-state index contributed by atoms with van der Waals surface area (Å²) in [6.07, 6.45) is 0.447. The lowest BCUT2D eigenvalue weighted by atomic mass is 9.73. The van der Waals surface area contributed by atoms with Gasteiger partial charge in [-0.2, -0.15) is 0 Å². The third kappa shape index (κ3) is 2.32. The van der Waals surface area contributed by atoms with Crippen LogP contribution in [0.15, 0.2) is 0 Å². The maximum absolute atomic E-state index is 11.8. The summed E-state index contributed by atoms with van der Waals surface area (Å²) in [4.78, 5) is 36.1. The number of nitrogens with zero attached hydrogens (tertiary/aromatic N) is 1. The minimum absolute atomic E-state index is 0.235. The Labute approximate surface area is 106 Å². The lowest BCUT2D eigenvalue weighted by molar-refractivity contribution is -0.150. The fourth-order valence-corrected chi connectivity index (χ4v) is 2.23. The number of amides is 3. The minimum Gasteiger partial charge on any atom is -0.444 e. The average molecular weight is 254 g/mol. The summed E-state index contributed by atoms with van der Waals surface area (Å²) in [7, 11) is 0. The van der Waals surface area contributed by atoms with E-state index >= 15 is 0 Å². The van der Waals surface area contributed by atoms with Crippen molar-refractivity contribution < 1.29 is 19.1 Å². The maximum Gasteiger partial charge on any atom is 0.410 e. The smallest absolute Gasteiger partial charge is 0.410 e. The van der Waals surface area contributed by atoms with Gasteiger partial charge in [0.25, 0.3) is 0 Å². The monoisotopic (exact) mass is 254 g/mol. The van der Waals surface area contributed by atoms with E-state index in [0.29, 0.717) is 25.9 Å². The van der Waals surface area contributed by atoms with E-state index in [2.05, 4.69) is 5.32 Å². The molecule has 0 bridgehead atoms. The van der Waals surface area contributed by atoms with Gasteiger partial charge < -0.3 is 9.64 Å². The second-order valence-electron chi connectivity index (χ2n) is 5.99. The number of imide groups is 1. The van der Waals surface area contributed by atoms with Crippen molar-refractivity contribution in [3.8, 4) is 0 Å². The normalized spacial score (nSPS) is 22.5. The molecule has 1 N–H and O–H groups in total. The first kappa shape index (κ1) is 12.9. The molecule has 0 unspecified atom stereocenters. The van der Waals surface area contributed by atoms with E-state index in [1.54, 1.807) is 20.8 Å². The quantitative estimate of drug-likeness (QED) is 0.644. The van der Waals surface area contributed by atoms with Crippen molar-refractivity contribution in [3.05, 3.63) is 0 Å². The SMILES string of the molecule is CC(C)(C)OC(=O)N1CC2(CCC(=O)NC2=O)C1. The van der Waals surface area contributed by atoms with E-state index in [1.807, 2.05) is 0 Å². The van der Waals surface area contributed by atoms with Crippen LogP contribution in [0.25, 0.3) is 0 Å². The lowest BCUT2D eigenvalue weighted by Crippen LogP contribution is -2.67. The van der Waals surface area contributed by atoms with E-state index in [1.165, 1.54) is 4.90 Å². The molecule has 0 saturated carbocycles. The number of ether oxygens (including phenoxy) is 1. The van der Waals surface area contributed by atoms with Crippen molar-refractivity contribution in [1.29, 1.82) is 0 Å². The largest absolute Gasteiger partial charge is 0.444 e. The van der Waals surface area contributed by atoms with Crippen molar-refractivity contribution in [3.63, 3.8) is 0 Å². The molecular formula is C12H18N2O4. The van der Waals surface area contributed by atoms with Gasteiger partial charge in [0, 0.05) is 19.5 Å². The highest BCUT2D eigenvalue weighted by atomic mass is 16.6. The Morgan fingerprint density at radius 3 is 2.44 bits per heavy atom. The number of rotatable bonds is 0. The Balaban J connectivity index is 1.92. The Morgan fingerprint density at radius 2 is 1.94 bits per heavy atom. The fourth-order valence-electron chi connectivity index (χ4n) is 2.23. The average Bonchev–Trinajstić information content (AvgIpc) is 2.11. The van der Waals surface area contributed by atoms with Crippen molar-refractivity contribution in [2.24, 2.45) is 5.41 Å². The summed E-state index contributed by atoms with van der Waals surface area (Å²) in [5.74, 6) is -0.500. The first-order chi connectivity index (χ1) is 8.22. The van der Waals surface area contributed by atoms with Crippen molar-refractivity contribution in [1.82, 2.24) is 10.2 Å². The first-order valence-electron chi connectivity index (χ1n) is 6.04. The zero-order valence-corrected chi connectivity index (χ0v) is 10.9. The summed E-state index contributed by atoms with van der Waals surface area (Å²) in [5.41, 5.74) is -1.12. The number of nitrogens with one attached hydrogen (secondary N) is 1. The van der Waals surface area contributed by atoms with Crippen LogP contribution in [0.2, 0.25) is 0 Å². The number of hydrogen-bond acceptors (Lipinski definition) is 4. The molecule has 6 nitrogen and oxygen atoms in total. The third-order valence-corrected chi connectivity index (χ3v) is 3.20. The topological polar surface area (TPSA) is 75.7 Å². The number of piperidine rings is 1. The first-order valence-corrected chi connectivity index (χ1v) is 6.04. The standard InChI is InChI=1S/C12H18N2O4/c1-11(2,3)18-10(17)14-6-12(7-14)5-4-8(15)13-9(12)16/h4-7H2,1-3H3,(H,13,15,16). The molecule has 6 heteroatoms. The molecule has 0 aromatic heterocycles. The molecular weight excluding hydrogens is 236 g/mol. The van der Waals surface area contributed by atoms with Gasteiger partial charge in [-0.05, 0) is 27.2 Å². The van der Waals surface area contributed by atoms with Crippen LogP contribution >= 0.6 is 0 Å². The van der Waals surface area contributed by atoms with Crippen LogP contribution < -0.4 is 5.32 Å². The van der Waals surface area contributed by atoms with E-state index in [4.69, 9.17) is 4.74 Å². The van der Waals surface area contributed by atoms with Gasteiger partial charge in [0.1, 0.15) is 5.60 Å². The van der Waals surface area contributed by atoms with E-state index in [-0.39, 0.29) is 11.8 Å². The lowest BCUT2D eigenvalue weighted by Gasteiger charge is -2.49. The van der Waals surface area contributed by atoms with Gasteiger partial charge in [0.2, 0.25) is 11.8 Å². The van der Waals surface area contributed by atoms with Gasteiger partial charge in [-0.1, -0.05) is 0 Å². The maximum atomic E-state index is 11.8. The molecule has 2 aliphatic heterocycles. The molecule has 0 radical (unpaired) electrons. The summed E-state index contributed by atoms with van der Waals surface area (Å²) in [6.45, 7) is 6.06. The Kier molecular flexibility index (Phi) is 2.83. The van der Waals surface area contributed by atoms with Crippen LogP contribution in [0, 0.1) is 5.41 Å². The van der Waals surface area contributed by atoms with Gasteiger partial charge in [-0.3, -0.25) is 14.9 Å². The predicted molar refractivity (Wildman–Crippen MR) is 62.6 cm³/mol. The second kappa shape index (κ2) is 3.96. The Hall–Kier alpha value is -1.59. The summed E-state index contributed by atoms with van der Waals surface area (Å²) in [6, 6.07) is 0. The number of hydrogen-bond donors (Lipinski definition) is 1. The second-order valence-corrected chi connectivity index (χ2v) is 5.99. The van der Waals surface area contributed by atoms with Gasteiger partial charge in [-0.15, -0.1) is 0 Å². The van der Waals surface area contributed by atoms with Crippen LogP contribution in [0.5, 0.6) is 0 Å². The van der Waals surface area contributed by atoms with Crippen LogP contribution in [0.4, 0.5) is 4.79 Å². The molecule has 2 heterocycles. The molecule has 2 aliphatic rings. The van der Waals surface area contributed by atoms with Crippen LogP contribution in [-0.4, -0.2) is 41.5 Å². The predicted octanol–water partition coefficient (Wildman–Crippen LogP) is 0.660. The van der Waals surface area contributed by atoms with Gasteiger partial charge in [0.05, 0.1) is 5.41 Å². The highest BCUT2D eigenvalue weighted by Crippen LogP contribution is 2.38. The summed E-state index contributed by atoms with van der Waals surface area (Å²) >= 11 is 0. The van der Waals surface area contributed by atoms with Gasteiger partial charge >= 0.3 is 6.09 Å². The van der Waals surface area contributed by atoms with Gasteiger partial charge in [-0.25, -0.2) is 4.79 Å². The van der Waals surface area contributed by atoms with Crippen LogP contribution in [0.3, 0.4) is 0 Å². The van der Waals surface area contributed by atoms with Crippen LogP contribution in [-0.2, 0) is 14.3 Å². The van der Waals surface area contributed by atoms with Crippen molar-refractivity contribution in [2.75, 3.05) is 13.1 Å². The molecule has 0 aromatic carbocycles.